The molecule has 0 spiro atoms. The monoisotopic (exact) mass is 554 g/mol. The van der Waals surface area contributed by atoms with Gasteiger partial charge in [-0.2, -0.15) is 0 Å². The summed E-state index contributed by atoms with van der Waals surface area (Å²) in [6.07, 6.45) is 0.807. The number of nitrogens with one attached hydrogen (secondary N) is 1. The highest BCUT2D eigenvalue weighted by molar-refractivity contribution is 9.12. The second kappa shape index (κ2) is 8.46. The van der Waals surface area contributed by atoms with E-state index >= 15 is 0 Å². The van der Waals surface area contributed by atoms with Crippen LogP contribution in [-0.2, 0) is 23.9 Å². The summed E-state index contributed by atoms with van der Waals surface area (Å²) in [6, 6.07) is 6.38. The van der Waals surface area contributed by atoms with Gasteiger partial charge >= 0.3 is 5.97 Å². The maximum Gasteiger partial charge on any atom is 0.326 e. The van der Waals surface area contributed by atoms with Crippen molar-refractivity contribution in [2.45, 2.75) is 23.0 Å². The number of imide groups is 1. The van der Waals surface area contributed by atoms with Gasteiger partial charge in [-0.25, -0.2) is 0 Å². The van der Waals surface area contributed by atoms with Crippen LogP contribution in [0, 0.1) is 23.7 Å². The zero-order valence-corrected chi connectivity index (χ0v) is 19.7. The highest BCUT2D eigenvalue weighted by atomic mass is 79.9. The van der Waals surface area contributed by atoms with Gasteiger partial charge < -0.3 is 10.1 Å². The number of rotatable bonds is 6. The molecule has 0 unspecified atom stereocenters. The SMILES string of the molecule is CC(=O)c1cccc(NC(=O)COC(=O)CN2C(=O)[C@@H]3[C@H]4C[C@@H]([C@H](Br)[C@H]4Br)[C@@H]3C2=O)c1. The van der Waals surface area contributed by atoms with Crippen molar-refractivity contribution in [1.82, 2.24) is 4.90 Å². The number of ketones is 1. The molecule has 2 aliphatic carbocycles. The van der Waals surface area contributed by atoms with Gasteiger partial charge in [-0.3, -0.25) is 28.9 Å². The molecule has 6 atom stereocenters. The number of ether oxygens (including phenoxy) is 1. The summed E-state index contributed by atoms with van der Waals surface area (Å²) in [6.45, 7) is 0.348. The van der Waals surface area contributed by atoms with E-state index in [-0.39, 0.29) is 39.1 Å². The Morgan fingerprint density at radius 1 is 1.10 bits per heavy atom. The number of hydrogen-bond acceptors (Lipinski definition) is 6. The lowest BCUT2D eigenvalue weighted by atomic mass is 9.81. The zero-order chi connectivity index (χ0) is 22.4. The molecule has 3 amide bonds. The Hall–Kier alpha value is -2.07. The van der Waals surface area contributed by atoms with E-state index in [0.29, 0.717) is 11.3 Å². The molecule has 1 N–H and O–H groups in total. The molecule has 10 heteroatoms. The second-order valence-corrected chi connectivity index (χ2v) is 10.2. The fraction of sp³-hybridized carbons (Fsp3) is 0.476. The van der Waals surface area contributed by atoms with Crippen LogP contribution in [0.3, 0.4) is 0 Å². The fourth-order valence-electron chi connectivity index (χ4n) is 4.90. The molecule has 3 aliphatic rings. The van der Waals surface area contributed by atoms with Crippen molar-refractivity contribution in [2.75, 3.05) is 18.5 Å². The van der Waals surface area contributed by atoms with Crippen LogP contribution >= 0.6 is 31.9 Å². The largest absolute Gasteiger partial charge is 0.454 e. The number of carbonyl (C=O) groups excluding carboxylic acids is 5. The average Bonchev–Trinajstić information content (AvgIpc) is 3.33. The lowest BCUT2D eigenvalue weighted by Crippen LogP contribution is -2.38. The first-order valence-corrected chi connectivity index (χ1v) is 11.7. The first-order chi connectivity index (χ1) is 14.7. The third-order valence-electron chi connectivity index (χ3n) is 6.28. The number of nitrogens with zero attached hydrogens (tertiary/aromatic N) is 1. The van der Waals surface area contributed by atoms with E-state index in [1.54, 1.807) is 18.2 Å². The molecule has 2 bridgehead atoms. The molecule has 1 aromatic carbocycles. The summed E-state index contributed by atoms with van der Waals surface area (Å²) < 4.78 is 4.96. The summed E-state index contributed by atoms with van der Waals surface area (Å²) in [4.78, 5) is 62.5. The molecule has 3 fully saturated rings. The standard InChI is InChI=1S/C21H20Br2N2O6/c1-9(26)10-3-2-4-11(5-10)24-14(27)8-31-15(28)7-25-20(29)16-12-6-13(17(16)21(25)30)19(23)18(12)22/h2-5,12-13,16-19H,6-8H2,1H3,(H,24,27)/t12-,13-,16-,17+,18+,19+/m1/s1. The van der Waals surface area contributed by atoms with E-state index < -0.39 is 36.9 Å². The van der Waals surface area contributed by atoms with Crippen LogP contribution in [0.5, 0.6) is 0 Å². The predicted molar refractivity (Wildman–Crippen MR) is 117 cm³/mol. The fourth-order valence-corrected chi connectivity index (χ4v) is 6.77. The summed E-state index contributed by atoms with van der Waals surface area (Å²) in [5.41, 5.74) is 0.840. The summed E-state index contributed by atoms with van der Waals surface area (Å²) in [5, 5.41) is 2.54. The first kappa shape index (κ1) is 22.1. The van der Waals surface area contributed by atoms with E-state index in [4.69, 9.17) is 4.74 Å². The maximum atomic E-state index is 12.8. The number of anilines is 1. The van der Waals surface area contributed by atoms with E-state index in [1.165, 1.54) is 13.0 Å². The van der Waals surface area contributed by atoms with Crippen LogP contribution < -0.4 is 5.32 Å². The van der Waals surface area contributed by atoms with Crippen molar-refractivity contribution >= 4 is 67.0 Å². The predicted octanol–water partition coefficient (Wildman–Crippen LogP) is 2.15. The molecule has 0 aromatic heterocycles. The Balaban J connectivity index is 1.31. The van der Waals surface area contributed by atoms with Crippen molar-refractivity contribution in [3.05, 3.63) is 29.8 Å². The number of Topliss-reactive ketones (excluding diaryl/α,β-unsaturated/α-hetero) is 1. The van der Waals surface area contributed by atoms with E-state index in [0.717, 1.165) is 11.3 Å². The van der Waals surface area contributed by atoms with Crippen molar-refractivity contribution in [2.24, 2.45) is 23.7 Å². The summed E-state index contributed by atoms with van der Waals surface area (Å²) >= 11 is 7.22. The smallest absolute Gasteiger partial charge is 0.326 e. The van der Waals surface area contributed by atoms with Crippen molar-refractivity contribution < 1.29 is 28.7 Å². The molecule has 1 heterocycles. The number of benzene rings is 1. The topological polar surface area (TPSA) is 110 Å². The van der Waals surface area contributed by atoms with E-state index in [9.17, 15) is 24.0 Å². The Kier molecular flexibility index (Phi) is 6.04. The number of hydrogen-bond donors (Lipinski definition) is 1. The van der Waals surface area contributed by atoms with Gasteiger partial charge in [0.15, 0.2) is 12.4 Å². The van der Waals surface area contributed by atoms with Crippen molar-refractivity contribution in [3.8, 4) is 0 Å². The van der Waals surface area contributed by atoms with Gasteiger partial charge in [0.05, 0.1) is 11.8 Å². The van der Waals surface area contributed by atoms with Crippen molar-refractivity contribution in [3.63, 3.8) is 0 Å². The molecular weight excluding hydrogens is 536 g/mol. The Bertz CT molecular complexity index is 950. The van der Waals surface area contributed by atoms with Crippen LogP contribution in [0.15, 0.2) is 24.3 Å². The highest BCUT2D eigenvalue weighted by Gasteiger charge is 2.66. The lowest BCUT2D eigenvalue weighted by Gasteiger charge is -2.28. The minimum Gasteiger partial charge on any atom is -0.454 e. The molecule has 1 aliphatic heterocycles. The second-order valence-electron chi connectivity index (χ2n) is 8.11. The first-order valence-electron chi connectivity index (χ1n) is 9.89. The van der Waals surface area contributed by atoms with Crippen LogP contribution in [0.4, 0.5) is 5.69 Å². The zero-order valence-electron chi connectivity index (χ0n) is 16.5. The number of esters is 1. The highest BCUT2D eigenvalue weighted by Crippen LogP contribution is 2.60. The third kappa shape index (κ3) is 3.95. The minimum absolute atomic E-state index is 0.0633. The number of carbonyl (C=O) groups is 5. The van der Waals surface area contributed by atoms with Gasteiger partial charge in [-0.1, -0.05) is 44.0 Å². The molecule has 164 valence electrons. The van der Waals surface area contributed by atoms with Crippen LogP contribution in [0.1, 0.15) is 23.7 Å². The summed E-state index contributed by atoms with van der Waals surface area (Å²) in [7, 11) is 0. The number of likely N-dealkylation sites (tertiary alicyclic amines) is 1. The maximum absolute atomic E-state index is 12.8. The third-order valence-corrected chi connectivity index (χ3v) is 9.49. The number of fused-ring (bicyclic) bond motifs is 5. The van der Waals surface area contributed by atoms with Crippen LogP contribution in [0.25, 0.3) is 0 Å². The molecule has 2 saturated carbocycles. The Morgan fingerprint density at radius 3 is 2.29 bits per heavy atom. The van der Waals surface area contributed by atoms with Gasteiger partial charge in [-0.05, 0) is 37.3 Å². The summed E-state index contributed by atoms with van der Waals surface area (Å²) in [5.74, 6) is -2.91. The van der Waals surface area contributed by atoms with E-state index in [2.05, 4.69) is 37.2 Å². The van der Waals surface area contributed by atoms with Gasteiger partial charge in [0.1, 0.15) is 6.54 Å². The normalized spacial score (nSPS) is 31.0. The molecule has 8 nitrogen and oxygen atoms in total. The quantitative estimate of drug-likeness (QED) is 0.249. The Morgan fingerprint density at radius 2 is 1.71 bits per heavy atom. The number of halogens is 2. The number of alkyl halides is 2. The molecular formula is C21H20Br2N2O6. The van der Waals surface area contributed by atoms with Crippen molar-refractivity contribution in [1.29, 1.82) is 0 Å². The van der Waals surface area contributed by atoms with Crippen LogP contribution in [0.2, 0.25) is 0 Å². The molecule has 0 radical (unpaired) electrons. The molecule has 4 rings (SSSR count). The molecule has 1 saturated heterocycles. The molecule has 1 aromatic rings. The van der Waals surface area contributed by atoms with Crippen LogP contribution in [-0.4, -0.2) is 57.2 Å². The van der Waals surface area contributed by atoms with E-state index in [1.807, 2.05) is 0 Å². The number of amides is 3. The van der Waals surface area contributed by atoms with Gasteiger partial charge in [0, 0.05) is 20.9 Å². The Labute approximate surface area is 195 Å². The minimum atomic E-state index is -0.826. The average molecular weight is 556 g/mol. The van der Waals surface area contributed by atoms with Gasteiger partial charge in [0.25, 0.3) is 5.91 Å². The van der Waals surface area contributed by atoms with Gasteiger partial charge in [0.2, 0.25) is 11.8 Å². The van der Waals surface area contributed by atoms with Gasteiger partial charge in [-0.15, -0.1) is 0 Å². The molecule has 31 heavy (non-hydrogen) atoms. The lowest BCUT2D eigenvalue weighted by molar-refractivity contribution is -0.154.